The molecule has 2 saturated heterocycles. The van der Waals surface area contributed by atoms with Crippen LogP contribution in [0.4, 0.5) is 0 Å². The summed E-state index contributed by atoms with van der Waals surface area (Å²) < 4.78 is 12.2. The van der Waals surface area contributed by atoms with E-state index in [4.69, 9.17) is 9.47 Å². The lowest BCUT2D eigenvalue weighted by Crippen LogP contribution is -2.38. The Morgan fingerprint density at radius 2 is 1.95 bits per heavy atom. The van der Waals surface area contributed by atoms with Crippen molar-refractivity contribution in [2.24, 2.45) is 5.41 Å². The normalized spacial score (nSPS) is 38.1. The Kier molecular flexibility index (Phi) is 4.16. The van der Waals surface area contributed by atoms with Gasteiger partial charge in [-0.1, -0.05) is 19.3 Å². The van der Waals surface area contributed by atoms with Gasteiger partial charge in [0.05, 0.1) is 18.3 Å². The molecule has 1 saturated carbocycles. The van der Waals surface area contributed by atoms with Crippen molar-refractivity contribution < 1.29 is 9.47 Å². The molecule has 3 rings (SSSR count). The number of rotatable bonds is 4. The molecule has 1 N–H and O–H groups in total. The highest BCUT2D eigenvalue weighted by molar-refractivity contribution is 4.95. The van der Waals surface area contributed by atoms with Gasteiger partial charge in [-0.05, 0) is 45.6 Å². The average Bonchev–Trinajstić information content (AvgIpc) is 3.00. The Labute approximate surface area is 117 Å². The highest BCUT2D eigenvalue weighted by Crippen LogP contribution is 2.45. The fourth-order valence-corrected chi connectivity index (χ4v) is 4.48. The molecule has 1 spiro atoms. The molecule has 1 aliphatic carbocycles. The zero-order valence-electron chi connectivity index (χ0n) is 12.4. The molecule has 3 fully saturated rings. The maximum Gasteiger partial charge on any atom is 0.0687 e. The van der Waals surface area contributed by atoms with Crippen molar-refractivity contribution in [2.45, 2.75) is 69.5 Å². The summed E-state index contributed by atoms with van der Waals surface area (Å²) in [6.07, 6.45) is 12.2. The van der Waals surface area contributed by atoms with E-state index in [9.17, 15) is 0 Å². The zero-order valence-corrected chi connectivity index (χ0v) is 12.4. The smallest absolute Gasteiger partial charge is 0.0687 e. The predicted molar refractivity (Wildman–Crippen MR) is 76.3 cm³/mol. The van der Waals surface area contributed by atoms with Gasteiger partial charge >= 0.3 is 0 Å². The van der Waals surface area contributed by atoms with Crippen molar-refractivity contribution in [3.63, 3.8) is 0 Å². The molecular formula is C16H29NO2. The Balaban J connectivity index is 1.58. The first kappa shape index (κ1) is 13.8. The van der Waals surface area contributed by atoms with Gasteiger partial charge in [0.25, 0.3) is 0 Å². The maximum absolute atomic E-state index is 6.54. The third-order valence-corrected chi connectivity index (χ3v) is 5.50. The lowest BCUT2D eigenvalue weighted by molar-refractivity contribution is -0.0772. The number of nitrogens with one attached hydrogen (secondary N) is 1. The van der Waals surface area contributed by atoms with Crippen LogP contribution in [0.5, 0.6) is 0 Å². The summed E-state index contributed by atoms with van der Waals surface area (Å²) in [6.45, 7) is 2.92. The van der Waals surface area contributed by atoms with Crippen molar-refractivity contribution in [2.75, 3.05) is 26.8 Å². The third-order valence-electron chi connectivity index (χ3n) is 5.50. The van der Waals surface area contributed by atoms with Crippen LogP contribution in [0, 0.1) is 5.41 Å². The van der Waals surface area contributed by atoms with Crippen LogP contribution >= 0.6 is 0 Å². The molecule has 2 heterocycles. The molecule has 19 heavy (non-hydrogen) atoms. The van der Waals surface area contributed by atoms with E-state index in [1.165, 1.54) is 57.8 Å². The first-order valence-corrected chi connectivity index (χ1v) is 8.16. The average molecular weight is 267 g/mol. The van der Waals surface area contributed by atoms with E-state index < -0.39 is 0 Å². The molecule has 0 aromatic heterocycles. The highest BCUT2D eigenvalue weighted by atomic mass is 16.5. The van der Waals surface area contributed by atoms with Crippen molar-refractivity contribution >= 4 is 0 Å². The summed E-state index contributed by atoms with van der Waals surface area (Å²) in [5, 5.41) is 3.36. The second-order valence-corrected chi connectivity index (χ2v) is 7.06. The quantitative estimate of drug-likeness (QED) is 0.849. The fraction of sp³-hybridized carbons (Fsp3) is 1.00. The second kappa shape index (κ2) is 5.71. The van der Waals surface area contributed by atoms with Gasteiger partial charge in [0, 0.05) is 18.6 Å². The van der Waals surface area contributed by atoms with E-state index in [1.54, 1.807) is 0 Å². The Bertz CT molecular complexity index is 293. The van der Waals surface area contributed by atoms with E-state index in [-0.39, 0.29) is 5.60 Å². The van der Waals surface area contributed by atoms with Gasteiger partial charge in [0.15, 0.2) is 0 Å². The van der Waals surface area contributed by atoms with Gasteiger partial charge in [0.1, 0.15) is 0 Å². The van der Waals surface area contributed by atoms with Gasteiger partial charge < -0.3 is 14.8 Å². The summed E-state index contributed by atoms with van der Waals surface area (Å²) in [7, 11) is 2.05. The van der Waals surface area contributed by atoms with Gasteiger partial charge in [-0.3, -0.25) is 0 Å². The summed E-state index contributed by atoms with van der Waals surface area (Å²) in [6, 6.07) is 0. The molecule has 0 radical (unpaired) electrons. The van der Waals surface area contributed by atoms with Crippen LogP contribution in [0.1, 0.15) is 57.8 Å². The van der Waals surface area contributed by atoms with Crippen molar-refractivity contribution in [3.05, 3.63) is 0 Å². The van der Waals surface area contributed by atoms with Crippen LogP contribution in [0.25, 0.3) is 0 Å². The molecule has 0 bridgehead atoms. The summed E-state index contributed by atoms with van der Waals surface area (Å²) in [5.41, 5.74) is 0.600. The first-order chi connectivity index (χ1) is 9.26. The van der Waals surface area contributed by atoms with Gasteiger partial charge in [-0.2, -0.15) is 0 Å². The molecule has 2 atom stereocenters. The number of hydrogen-bond donors (Lipinski definition) is 1. The summed E-state index contributed by atoms with van der Waals surface area (Å²) in [5.74, 6) is 0. The fourth-order valence-electron chi connectivity index (χ4n) is 4.48. The molecule has 3 aliphatic rings. The monoisotopic (exact) mass is 267 g/mol. The number of ether oxygens (including phenoxy) is 2. The van der Waals surface area contributed by atoms with E-state index in [1.807, 2.05) is 0 Å². The van der Waals surface area contributed by atoms with E-state index in [0.717, 1.165) is 19.8 Å². The van der Waals surface area contributed by atoms with Crippen molar-refractivity contribution in [3.8, 4) is 0 Å². The SMILES string of the molecule is CNCC1(CC2CCC3(CCCCC3)O2)CCOC1. The van der Waals surface area contributed by atoms with Crippen LogP contribution in [0.3, 0.4) is 0 Å². The van der Waals surface area contributed by atoms with E-state index in [0.29, 0.717) is 11.5 Å². The largest absolute Gasteiger partial charge is 0.381 e. The van der Waals surface area contributed by atoms with Crippen LogP contribution in [0.15, 0.2) is 0 Å². The summed E-state index contributed by atoms with van der Waals surface area (Å²) in [4.78, 5) is 0. The highest BCUT2D eigenvalue weighted by Gasteiger charge is 2.44. The molecule has 0 aromatic rings. The minimum absolute atomic E-state index is 0.267. The van der Waals surface area contributed by atoms with E-state index in [2.05, 4.69) is 12.4 Å². The van der Waals surface area contributed by atoms with Crippen molar-refractivity contribution in [1.29, 1.82) is 0 Å². The molecular weight excluding hydrogens is 238 g/mol. The predicted octanol–water partition coefficient (Wildman–Crippen LogP) is 2.88. The molecule has 110 valence electrons. The van der Waals surface area contributed by atoms with Gasteiger partial charge in [-0.15, -0.1) is 0 Å². The van der Waals surface area contributed by atoms with Crippen LogP contribution in [-0.2, 0) is 9.47 Å². The second-order valence-electron chi connectivity index (χ2n) is 7.06. The van der Waals surface area contributed by atoms with Crippen LogP contribution in [0.2, 0.25) is 0 Å². The molecule has 0 aromatic carbocycles. The minimum atomic E-state index is 0.267. The number of hydrogen-bond acceptors (Lipinski definition) is 3. The molecule has 2 aliphatic heterocycles. The van der Waals surface area contributed by atoms with Crippen LogP contribution in [-0.4, -0.2) is 38.5 Å². The first-order valence-electron chi connectivity index (χ1n) is 8.16. The lowest BCUT2D eigenvalue weighted by atomic mass is 9.80. The van der Waals surface area contributed by atoms with E-state index >= 15 is 0 Å². The minimum Gasteiger partial charge on any atom is -0.381 e. The van der Waals surface area contributed by atoms with Gasteiger partial charge in [0.2, 0.25) is 0 Å². The Hall–Kier alpha value is -0.120. The molecule has 2 unspecified atom stereocenters. The van der Waals surface area contributed by atoms with Crippen molar-refractivity contribution in [1.82, 2.24) is 5.32 Å². The zero-order chi connectivity index (χ0) is 13.2. The maximum atomic E-state index is 6.54. The third kappa shape index (κ3) is 2.98. The van der Waals surface area contributed by atoms with Gasteiger partial charge in [-0.25, -0.2) is 0 Å². The Morgan fingerprint density at radius 1 is 1.11 bits per heavy atom. The van der Waals surface area contributed by atoms with Crippen LogP contribution < -0.4 is 5.32 Å². The molecule has 3 heteroatoms. The summed E-state index contributed by atoms with van der Waals surface area (Å²) >= 11 is 0. The lowest BCUT2D eigenvalue weighted by Gasteiger charge is -2.35. The molecule has 0 amide bonds. The standard InChI is InChI=1S/C16H29NO2/c1-17-12-15(9-10-18-13-15)11-14-5-8-16(19-14)6-3-2-4-7-16/h14,17H,2-13H2,1H3. The Morgan fingerprint density at radius 3 is 2.63 bits per heavy atom. The molecule has 3 nitrogen and oxygen atoms in total. The topological polar surface area (TPSA) is 30.5 Å².